The number of carboxylic acids is 1. The van der Waals surface area contributed by atoms with Crippen LogP contribution in [0.15, 0.2) is 24.3 Å². The molecule has 0 radical (unpaired) electrons. The van der Waals surface area contributed by atoms with Crippen LogP contribution in [-0.4, -0.2) is 23.2 Å². The first-order valence-corrected chi connectivity index (χ1v) is 6.02. The van der Waals surface area contributed by atoms with Gasteiger partial charge in [0.1, 0.15) is 11.4 Å². The summed E-state index contributed by atoms with van der Waals surface area (Å²) in [5.41, 5.74) is 6.15. The van der Waals surface area contributed by atoms with E-state index in [9.17, 15) is 4.79 Å². The second-order valence-electron chi connectivity index (χ2n) is 5.33. The number of rotatable bonds is 5. The highest BCUT2D eigenvalue weighted by Gasteiger charge is 2.16. The number of aliphatic carboxylic acids is 1. The number of ether oxygens (including phenoxy) is 1. The summed E-state index contributed by atoms with van der Waals surface area (Å²) in [6.07, 6.45) is 0.446. The van der Waals surface area contributed by atoms with E-state index >= 15 is 0 Å². The molecule has 0 saturated heterocycles. The molecule has 5 heteroatoms. The molecule has 0 unspecified atom stereocenters. The summed E-state index contributed by atoms with van der Waals surface area (Å²) in [4.78, 5) is 10.9. The third-order valence-corrected chi connectivity index (χ3v) is 2.46. The molecule has 4 nitrogen and oxygen atoms in total. The standard InChI is InChI=1S/C14H21NO3.ClH/c1-14(2,3)18-12-6-4-10(5-7-12)8-11(9-15)13(16)17;/h4-7,11H,8-9,15H2,1-3H3,(H,16,17);1H/t11-;/m1./s1. The second kappa shape index (κ2) is 7.36. The quantitative estimate of drug-likeness (QED) is 0.873. The number of halogens is 1. The van der Waals surface area contributed by atoms with E-state index in [-0.39, 0.29) is 24.6 Å². The van der Waals surface area contributed by atoms with Crippen molar-refractivity contribution in [1.29, 1.82) is 0 Å². The maximum Gasteiger partial charge on any atom is 0.308 e. The van der Waals surface area contributed by atoms with Crippen molar-refractivity contribution < 1.29 is 14.6 Å². The van der Waals surface area contributed by atoms with Crippen molar-refractivity contribution in [2.24, 2.45) is 11.7 Å². The van der Waals surface area contributed by atoms with Gasteiger partial charge in [-0.2, -0.15) is 0 Å². The van der Waals surface area contributed by atoms with Gasteiger partial charge in [0.15, 0.2) is 0 Å². The summed E-state index contributed by atoms with van der Waals surface area (Å²) in [5, 5.41) is 8.94. The molecule has 1 aromatic rings. The van der Waals surface area contributed by atoms with Crippen LogP contribution in [-0.2, 0) is 11.2 Å². The Hall–Kier alpha value is -1.26. The van der Waals surface area contributed by atoms with Crippen LogP contribution in [0.5, 0.6) is 5.75 Å². The van der Waals surface area contributed by atoms with E-state index in [2.05, 4.69) is 0 Å². The monoisotopic (exact) mass is 287 g/mol. The number of nitrogens with two attached hydrogens (primary N) is 1. The molecule has 1 aromatic carbocycles. The minimum absolute atomic E-state index is 0. The number of benzene rings is 1. The molecule has 0 saturated carbocycles. The number of carbonyl (C=O) groups is 1. The first-order valence-electron chi connectivity index (χ1n) is 6.02. The summed E-state index contributed by atoms with van der Waals surface area (Å²) in [6.45, 7) is 6.09. The number of carboxylic acid groups (broad SMARTS) is 1. The van der Waals surface area contributed by atoms with Gasteiger partial charge in [0.05, 0.1) is 5.92 Å². The highest BCUT2D eigenvalue weighted by atomic mass is 35.5. The van der Waals surface area contributed by atoms with Gasteiger partial charge in [0.2, 0.25) is 0 Å². The Kier molecular flexibility index (Phi) is 6.87. The number of hydrogen-bond acceptors (Lipinski definition) is 3. The third kappa shape index (κ3) is 6.45. The summed E-state index contributed by atoms with van der Waals surface area (Å²) in [5.74, 6) is -0.599. The number of hydrogen-bond donors (Lipinski definition) is 2. The van der Waals surface area contributed by atoms with Crippen molar-refractivity contribution in [2.75, 3.05) is 6.54 Å². The summed E-state index contributed by atoms with van der Waals surface area (Å²) >= 11 is 0. The first-order chi connectivity index (χ1) is 8.31. The van der Waals surface area contributed by atoms with Gasteiger partial charge < -0.3 is 15.6 Å². The Labute approximate surface area is 120 Å². The highest BCUT2D eigenvalue weighted by molar-refractivity contribution is 5.85. The molecule has 0 bridgehead atoms. The minimum atomic E-state index is -0.854. The molecule has 0 fully saturated rings. The van der Waals surface area contributed by atoms with Crippen molar-refractivity contribution in [3.05, 3.63) is 29.8 Å². The average Bonchev–Trinajstić information content (AvgIpc) is 2.25. The fraction of sp³-hybridized carbons (Fsp3) is 0.500. The Morgan fingerprint density at radius 1 is 1.32 bits per heavy atom. The molecule has 1 rings (SSSR count). The van der Waals surface area contributed by atoms with Crippen molar-refractivity contribution in [3.8, 4) is 5.75 Å². The average molecular weight is 288 g/mol. The molecular formula is C14H22ClNO3. The molecule has 1 atom stereocenters. The third-order valence-electron chi connectivity index (χ3n) is 2.46. The predicted octanol–water partition coefficient (Wildman–Crippen LogP) is 2.49. The molecule has 0 heterocycles. The Balaban J connectivity index is 0.00000324. The first kappa shape index (κ1) is 17.7. The molecule has 19 heavy (non-hydrogen) atoms. The Morgan fingerprint density at radius 3 is 2.21 bits per heavy atom. The van der Waals surface area contributed by atoms with Gasteiger partial charge in [-0.05, 0) is 44.9 Å². The zero-order valence-electron chi connectivity index (χ0n) is 11.6. The SMILES string of the molecule is CC(C)(C)Oc1ccc(C[C@H](CN)C(=O)O)cc1.Cl. The topological polar surface area (TPSA) is 72.5 Å². The zero-order valence-corrected chi connectivity index (χ0v) is 12.4. The molecule has 3 N–H and O–H groups in total. The lowest BCUT2D eigenvalue weighted by Crippen LogP contribution is -2.25. The van der Waals surface area contributed by atoms with Crippen LogP contribution in [0.3, 0.4) is 0 Å². The van der Waals surface area contributed by atoms with Gasteiger partial charge in [-0.1, -0.05) is 12.1 Å². The summed E-state index contributed by atoms with van der Waals surface area (Å²) < 4.78 is 5.69. The molecule has 0 aliphatic carbocycles. The molecular weight excluding hydrogens is 266 g/mol. The van der Waals surface area contributed by atoms with Crippen molar-refractivity contribution >= 4 is 18.4 Å². The lowest BCUT2D eigenvalue weighted by atomic mass is 9.99. The van der Waals surface area contributed by atoms with Crippen molar-refractivity contribution in [1.82, 2.24) is 0 Å². The van der Waals surface area contributed by atoms with E-state index < -0.39 is 11.9 Å². The fourth-order valence-corrected chi connectivity index (χ4v) is 1.60. The Bertz CT molecular complexity index is 398. The van der Waals surface area contributed by atoms with Crippen LogP contribution in [0.25, 0.3) is 0 Å². The normalized spacial score (nSPS) is 12.4. The van der Waals surface area contributed by atoms with Gasteiger partial charge in [-0.25, -0.2) is 0 Å². The van der Waals surface area contributed by atoms with Crippen LogP contribution in [0, 0.1) is 5.92 Å². The molecule has 0 aliphatic rings. The minimum Gasteiger partial charge on any atom is -0.488 e. The van der Waals surface area contributed by atoms with Gasteiger partial charge in [0.25, 0.3) is 0 Å². The lowest BCUT2D eigenvalue weighted by Gasteiger charge is -2.21. The summed E-state index contributed by atoms with van der Waals surface area (Å²) in [6, 6.07) is 7.48. The van der Waals surface area contributed by atoms with Crippen LogP contribution in [0.4, 0.5) is 0 Å². The van der Waals surface area contributed by atoms with E-state index in [1.165, 1.54) is 0 Å². The van der Waals surface area contributed by atoms with Crippen LogP contribution in [0.2, 0.25) is 0 Å². The molecule has 0 aliphatic heterocycles. The molecule has 0 spiro atoms. The lowest BCUT2D eigenvalue weighted by molar-refractivity contribution is -0.141. The van der Waals surface area contributed by atoms with E-state index in [1.807, 2.05) is 45.0 Å². The predicted molar refractivity (Wildman–Crippen MR) is 78.0 cm³/mol. The van der Waals surface area contributed by atoms with Gasteiger partial charge in [-0.15, -0.1) is 12.4 Å². The van der Waals surface area contributed by atoms with E-state index in [4.69, 9.17) is 15.6 Å². The highest BCUT2D eigenvalue weighted by Crippen LogP contribution is 2.19. The van der Waals surface area contributed by atoms with Crippen molar-refractivity contribution in [3.63, 3.8) is 0 Å². The van der Waals surface area contributed by atoms with Crippen molar-refractivity contribution in [2.45, 2.75) is 32.8 Å². The van der Waals surface area contributed by atoms with Crippen LogP contribution in [0.1, 0.15) is 26.3 Å². The van der Waals surface area contributed by atoms with Gasteiger partial charge in [0, 0.05) is 6.54 Å². The maximum atomic E-state index is 10.9. The van der Waals surface area contributed by atoms with E-state index in [0.29, 0.717) is 6.42 Å². The van der Waals surface area contributed by atoms with E-state index in [1.54, 1.807) is 0 Å². The smallest absolute Gasteiger partial charge is 0.308 e. The van der Waals surface area contributed by atoms with Gasteiger partial charge in [-0.3, -0.25) is 4.79 Å². The largest absolute Gasteiger partial charge is 0.488 e. The molecule has 108 valence electrons. The Morgan fingerprint density at radius 2 is 1.84 bits per heavy atom. The fourth-order valence-electron chi connectivity index (χ4n) is 1.60. The molecule has 0 amide bonds. The maximum absolute atomic E-state index is 10.9. The second-order valence-corrected chi connectivity index (χ2v) is 5.33. The van der Waals surface area contributed by atoms with Gasteiger partial charge >= 0.3 is 5.97 Å². The van der Waals surface area contributed by atoms with Crippen LogP contribution >= 0.6 is 12.4 Å². The van der Waals surface area contributed by atoms with E-state index in [0.717, 1.165) is 11.3 Å². The summed E-state index contributed by atoms with van der Waals surface area (Å²) in [7, 11) is 0. The zero-order chi connectivity index (χ0) is 13.8. The van der Waals surface area contributed by atoms with Crippen LogP contribution < -0.4 is 10.5 Å². The molecule has 0 aromatic heterocycles.